The lowest BCUT2D eigenvalue weighted by atomic mass is 9.88. The molecule has 2 aromatic carbocycles. The molecule has 1 saturated heterocycles. The molecule has 2 N–H and O–H groups in total. The van der Waals surface area contributed by atoms with Crippen LogP contribution in [0.5, 0.6) is 0 Å². The van der Waals surface area contributed by atoms with Crippen LogP contribution in [0.15, 0.2) is 60.8 Å². The van der Waals surface area contributed by atoms with Gasteiger partial charge in [-0.3, -0.25) is 0 Å². The molecule has 2 aromatic heterocycles. The van der Waals surface area contributed by atoms with E-state index in [9.17, 15) is 14.7 Å². The van der Waals surface area contributed by atoms with Crippen molar-refractivity contribution in [2.75, 3.05) is 25.0 Å². The van der Waals surface area contributed by atoms with Crippen LogP contribution < -0.4 is 5.32 Å². The fraction of sp³-hybridized carbons (Fsp3) is 0.353. The van der Waals surface area contributed by atoms with E-state index >= 15 is 0 Å². The number of hydrogen-bond donors (Lipinski definition) is 2. The number of nitrogens with one attached hydrogen (secondary N) is 1. The minimum absolute atomic E-state index is 0.138. The van der Waals surface area contributed by atoms with Crippen molar-refractivity contribution in [1.82, 2.24) is 19.7 Å². The van der Waals surface area contributed by atoms with E-state index in [-0.39, 0.29) is 17.7 Å². The summed E-state index contributed by atoms with van der Waals surface area (Å²) in [4.78, 5) is 30.4. The van der Waals surface area contributed by atoms with E-state index in [2.05, 4.69) is 53.7 Å². The van der Waals surface area contributed by atoms with Gasteiger partial charge in [-0.25, -0.2) is 19.3 Å². The van der Waals surface area contributed by atoms with Gasteiger partial charge in [-0.1, -0.05) is 36.4 Å². The Morgan fingerprint density at radius 1 is 1.05 bits per heavy atom. The molecule has 2 aliphatic rings. The van der Waals surface area contributed by atoms with Crippen molar-refractivity contribution in [2.45, 2.75) is 58.4 Å². The molecule has 43 heavy (non-hydrogen) atoms. The fourth-order valence-corrected chi connectivity index (χ4v) is 6.50. The number of carboxylic acids is 1. The number of ether oxygens (including phenoxy) is 1. The summed E-state index contributed by atoms with van der Waals surface area (Å²) in [6, 6.07) is 19.0. The van der Waals surface area contributed by atoms with Crippen molar-refractivity contribution in [3.05, 3.63) is 94.3 Å². The molecule has 1 fully saturated rings. The van der Waals surface area contributed by atoms with Crippen molar-refractivity contribution in [3.63, 3.8) is 0 Å². The summed E-state index contributed by atoms with van der Waals surface area (Å²) in [5.41, 5.74) is 8.82. The lowest BCUT2D eigenvalue weighted by molar-refractivity contribution is 0.0695. The number of pyridine rings is 1. The number of amides is 1. The van der Waals surface area contributed by atoms with Gasteiger partial charge in [0.15, 0.2) is 5.82 Å². The molecule has 1 aliphatic heterocycles. The van der Waals surface area contributed by atoms with Crippen LogP contribution in [0.1, 0.15) is 76.5 Å². The zero-order valence-corrected chi connectivity index (χ0v) is 24.8. The second kappa shape index (κ2) is 11.9. The number of likely N-dealkylation sites (tertiary alicyclic amines) is 1. The van der Waals surface area contributed by atoms with Gasteiger partial charge in [0.25, 0.3) is 0 Å². The number of fused-ring (bicyclic) bond motifs is 1. The number of hydrogen-bond acceptors (Lipinski definition) is 6. The predicted octanol–water partition coefficient (Wildman–Crippen LogP) is 6.68. The largest absolute Gasteiger partial charge is 0.478 e. The fourth-order valence-electron chi connectivity index (χ4n) is 6.50. The Kier molecular flexibility index (Phi) is 7.88. The molecule has 222 valence electrons. The Balaban J connectivity index is 1.22. The highest BCUT2D eigenvalue weighted by atomic mass is 16.6. The molecule has 0 saturated carbocycles. The first-order valence-electron chi connectivity index (χ1n) is 15.0. The molecule has 0 bridgehead atoms. The molecule has 1 aliphatic carbocycles. The predicted molar refractivity (Wildman–Crippen MR) is 165 cm³/mol. The number of carboxylic acid groups (broad SMARTS) is 1. The maximum Gasteiger partial charge on any atom is 0.409 e. The first kappa shape index (κ1) is 28.5. The van der Waals surface area contributed by atoms with Crippen LogP contribution in [0.2, 0.25) is 0 Å². The van der Waals surface area contributed by atoms with E-state index in [1.54, 1.807) is 11.6 Å². The molecular weight excluding hydrogens is 542 g/mol. The smallest absolute Gasteiger partial charge is 0.409 e. The second-order valence-electron chi connectivity index (χ2n) is 11.4. The topological polar surface area (TPSA) is 110 Å². The van der Waals surface area contributed by atoms with Crippen molar-refractivity contribution < 1.29 is 19.4 Å². The molecule has 9 nitrogen and oxygen atoms in total. The van der Waals surface area contributed by atoms with Crippen LogP contribution in [0.4, 0.5) is 10.5 Å². The monoisotopic (exact) mass is 579 g/mol. The summed E-state index contributed by atoms with van der Waals surface area (Å²) in [7, 11) is 0. The Morgan fingerprint density at radius 2 is 1.84 bits per heavy atom. The minimum Gasteiger partial charge on any atom is -0.478 e. The van der Waals surface area contributed by atoms with Crippen LogP contribution >= 0.6 is 0 Å². The lowest BCUT2D eigenvalue weighted by Gasteiger charge is -2.31. The van der Waals surface area contributed by atoms with Crippen LogP contribution in [0.3, 0.4) is 0 Å². The van der Waals surface area contributed by atoms with Gasteiger partial charge >= 0.3 is 12.1 Å². The van der Waals surface area contributed by atoms with Gasteiger partial charge in [0, 0.05) is 24.3 Å². The zero-order chi connectivity index (χ0) is 30.1. The van der Waals surface area contributed by atoms with Gasteiger partial charge in [0.1, 0.15) is 5.56 Å². The number of nitrogens with zero attached hydrogens (tertiary/aromatic N) is 4. The minimum atomic E-state index is -1.00. The molecule has 0 spiro atoms. The quantitative estimate of drug-likeness (QED) is 0.251. The number of aryl methyl sites for hydroxylation is 2. The van der Waals surface area contributed by atoms with Gasteiger partial charge < -0.3 is 20.1 Å². The molecule has 3 heterocycles. The number of piperidine rings is 1. The third-order valence-corrected chi connectivity index (χ3v) is 8.79. The Bertz CT molecular complexity index is 1670. The van der Waals surface area contributed by atoms with Crippen molar-refractivity contribution in [2.24, 2.45) is 0 Å². The van der Waals surface area contributed by atoms with E-state index in [1.165, 1.54) is 28.5 Å². The molecular formula is C34H37N5O4. The van der Waals surface area contributed by atoms with Gasteiger partial charge in [-0.2, -0.15) is 5.10 Å². The summed E-state index contributed by atoms with van der Waals surface area (Å²) in [5.74, 6) is 0.0140. The van der Waals surface area contributed by atoms with Crippen molar-refractivity contribution in [3.8, 4) is 17.1 Å². The number of rotatable bonds is 7. The third-order valence-electron chi connectivity index (χ3n) is 8.79. The molecule has 0 radical (unpaired) electrons. The van der Waals surface area contributed by atoms with E-state index < -0.39 is 5.97 Å². The van der Waals surface area contributed by atoms with Crippen LogP contribution in [0, 0.1) is 13.8 Å². The molecule has 9 heteroatoms. The Labute approximate surface area is 251 Å². The molecule has 1 amide bonds. The average molecular weight is 580 g/mol. The number of benzene rings is 2. The first-order valence-corrected chi connectivity index (χ1v) is 15.0. The number of carbonyl (C=O) groups excluding carboxylic acids is 1. The van der Waals surface area contributed by atoms with Crippen molar-refractivity contribution in [1.29, 1.82) is 0 Å². The third kappa shape index (κ3) is 5.59. The number of aromatic nitrogens is 3. The van der Waals surface area contributed by atoms with Gasteiger partial charge in [-0.05, 0) is 92.8 Å². The maximum atomic E-state index is 12.1. The van der Waals surface area contributed by atoms with E-state index in [4.69, 9.17) is 9.72 Å². The number of aromatic carboxylic acids is 1. The van der Waals surface area contributed by atoms with Crippen LogP contribution in [-0.2, 0) is 11.2 Å². The molecule has 6 rings (SSSR count). The Morgan fingerprint density at radius 3 is 2.56 bits per heavy atom. The summed E-state index contributed by atoms with van der Waals surface area (Å²) in [5, 5.41) is 17.6. The summed E-state index contributed by atoms with van der Waals surface area (Å²) in [6.07, 6.45) is 5.00. The SMILES string of the molecule is CCOC(=O)N1CCC(c2ccc(NC3CCc4cccc(-c5cccc(-n6ncc(C(=O)O)c6C)n5)c43)c(C)c2)CC1. The standard InChI is InChI=1S/C34H37N5O4/c1-4-43-34(42)38-17-15-23(16-18-38)25-12-13-28(21(2)19-25)36-30-14-11-24-7-5-8-26(32(24)30)29-9-6-10-31(37-29)39-22(3)27(20-35-39)33(40)41/h5-10,12-13,19-20,23,30,36H,4,11,14-18H2,1-3H3,(H,40,41). The molecule has 1 atom stereocenters. The molecule has 1 unspecified atom stereocenters. The second-order valence-corrected chi connectivity index (χ2v) is 11.4. The highest BCUT2D eigenvalue weighted by Crippen LogP contribution is 2.41. The van der Waals surface area contributed by atoms with Crippen molar-refractivity contribution >= 4 is 17.7 Å². The van der Waals surface area contributed by atoms with Gasteiger partial charge in [0.2, 0.25) is 0 Å². The van der Waals surface area contributed by atoms with Crippen LogP contribution in [0.25, 0.3) is 17.1 Å². The maximum absolute atomic E-state index is 12.1. The van der Waals surface area contributed by atoms with Gasteiger partial charge in [0.05, 0.1) is 30.2 Å². The number of anilines is 1. The molecule has 4 aromatic rings. The summed E-state index contributed by atoms with van der Waals surface area (Å²) < 4.78 is 6.75. The average Bonchev–Trinajstić information content (AvgIpc) is 3.62. The normalized spacial score (nSPS) is 16.6. The van der Waals surface area contributed by atoms with E-state index in [0.29, 0.717) is 24.0 Å². The first-order chi connectivity index (χ1) is 20.8. The lowest BCUT2D eigenvalue weighted by Crippen LogP contribution is -2.38. The number of carbonyl (C=O) groups is 2. The summed E-state index contributed by atoms with van der Waals surface area (Å²) in [6.45, 7) is 7.59. The summed E-state index contributed by atoms with van der Waals surface area (Å²) >= 11 is 0. The van der Waals surface area contributed by atoms with E-state index in [1.807, 2.05) is 30.0 Å². The van der Waals surface area contributed by atoms with Gasteiger partial charge in [-0.15, -0.1) is 0 Å². The van der Waals surface area contributed by atoms with E-state index in [0.717, 1.165) is 55.7 Å². The highest BCUT2D eigenvalue weighted by molar-refractivity contribution is 5.88. The Hall–Kier alpha value is -4.66. The highest BCUT2D eigenvalue weighted by Gasteiger charge is 2.28. The zero-order valence-electron chi connectivity index (χ0n) is 24.8. The van der Waals surface area contributed by atoms with Crippen LogP contribution in [-0.4, -0.2) is 56.5 Å².